The number of nitrogens with zero attached hydrogens (tertiary/aromatic N) is 4. The number of benzene rings is 3. The van der Waals surface area contributed by atoms with Crippen LogP contribution in [-0.4, -0.2) is 49.8 Å². The first-order valence-corrected chi connectivity index (χ1v) is 14.2. The highest BCUT2D eigenvalue weighted by Gasteiger charge is 2.27. The second-order valence-electron chi connectivity index (χ2n) is 9.70. The van der Waals surface area contributed by atoms with Crippen LogP contribution in [0.2, 0.25) is 0 Å². The molecule has 3 heterocycles. The van der Waals surface area contributed by atoms with Gasteiger partial charge in [0.25, 0.3) is 0 Å². The van der Waals surface area contributed by atoms with Crippen molar-refractivity contribution < 1.29 is 14.3 Å². The summed E-state index contributed by atoms with van der Waals surface area (Å²) in [7, 11) is 0. The zero-order valence-corrected chi connectivity index (χ0v) is 23.4. The molecule has 40 heavy (non-hydrogen) atoms. The molecule has 2 aromatic heterocycles. The maximum Gasteiger partial charge on any atom is 0.223 e. The smallest absolute Gasteiger partial charge is 0.223 e. The Hall–Kier alpha value is -4.37. The van der Waals surface area contributed by atoms with Crippen LogP contribution in [-0.2, 0) is 11.2 Å². The van der Waals surface area contributed by atoms with E-state index in [0.29, 0.717) is 29.7 Å². The molecule has 8 nitrogen and oxygen atoms in total. The molecule has 1 N–H and O–H groups in total. The fourth-order valence-corrected chi connectivity index (χ4v) is 6.14. The Morgan fingerprint density at radius 3 is 2.65 bits per heavy atom. The van der Waals surface area contributed by atoms with Gasteiger partial charge in [0.15, 0.2) is 16.8 Å². The van der Waals surface area contributed by atoms with Crippen molar-refractivity contribution in [1.29, 1.82) is 0 Å². The Balaban J connectivity index is 1.35. The van der Waals surface area contributed by atoms with Crippen molar-refractivity contribution in [3.8, 4) is 22.8 Å². The Morgan fingerprint density at radius 1 is 1.07 bits per heavy atom. The first-order valence-electron chi connectivity index (χ1n) is 13.3. The first kappa shape index (κ1) is 25.9. The van der Waals surface area contributed by atoms with E-state index in [1.807, 2.05) is 85.3 Å². The number of anilines is 1. The molecule has 202 valence electrons. The summed E-state index contributed by atoms with van der Waals surface area (Å²) < 4.78 is 7.64. The summed E-state index contributed by atoms with van der Waals surface area (Å²) in [6.07, 6.45) is 2.69. The number of fused-ring (bicyclic) bond motifs is 2. The van der Waals surface area contributed by atoms with Gasteiger partial charge in [-0.15, -0.1) is 10.2 Å². The van der Waals surface area contributed by atoms with Crippen molar-refractivity contribution in [2.24, 2.45) is 0 Å². The van der Waals surface area contributed by atoms with E-state index in [9.17, 15) is 9.59 Å². The second kappa shape index (κ2) is 10.7. The van der Waals surface area contributed by atoms with Crippen molar-refractivity contribution in [2.75, 3.05) is 18.1 Å². The lowest BCUT2D eigenvalue weighted by Crippen LogP contribution is -2.25. The van der Waals surface area contributed by atoms with Crippen LogP contribution in [0.1, 0.15) is 36.7 Å². The topological polar surface area (TPSA) is 93.1 Å². The molecule has 0 saturated heterocycles. The van der Waals surface area contributed by atoms with Gasteiger partial charge in [-0.2, -0.15) is 0 Å². The number of ketones is 1. The zero-order chi connectivity index (χ0) is 27.8. The molecule has 0 bridgehead atoms. The van der Waals surface area contributed by atoms with E-state index in [4.69, 9.17) is 4.74 Å². The van der Waals surface area contributed by atoms with Crippen molar-refractivity contribution in [2.45, 2.75) is 37.6 Å². The molecule has 6 rings (SSSR count). The predicted octanol–water partition coefficient (Wildman–Crippen LogP) is 6.09. The van der Waals surface area contributed by atoms with Gasteiger partial charge in [-0.3, -0.25) is 14.2 Å². The number of Topliss-reactive ketones (excluding diaryl/α,β-unsaturated/α-hetero) is 1. The third kappa shape index (κ3) is 4.66. The van der Waals surface area contributed by atoms with Crippen molar-refractivity contribution in [1.82, 2.24) is 19.7 Å². The summed E-state index contributed by atoms with van der Waals surface area (Å²) in [5, 5.41) is 10.4. The Bertz CT molecular complexity index is 1720. The Kier molecular flexibility index (Phi) is 6.89. The molecule has 0 unspecified atom stereocenters. The van der Waals surface area contributed by atoms with Crippen LogP contribution in [0.25, 0.3) is 28.0 Å². The summed E-state index contributed by atoms with van der Waals surface area (Å²) in [5.74, 6) is 1.49. The van der Waals surface area contributed by atoms with Gasteiger partial charge in [0.1, 0.15) is 5.75 Å². The number of hydrogen-bond donors (Lipinski definition) is 1. The minimum Gasteiger partial charge on any atom is -0.494 e. The molecule has 0 spiro atoms. The summed E-state index contributed by atoms with van der Waals surface area (Å²) in [6.45, 7) is 6.65. The van der Waals surface area contributed by atoms with E-state index in [0.717, 1.165) is 45.6 Å². The molecule has 9 heteroatoms. The average molecular weight is 552 g/mol. The first-order chi connectivity index (χ1) is 19.4. The van der Waals surface area contributed by atoms with Crippen LogP contribution in [0.3, 0.4) is 0 Å². The number of carbonyl (C=O) groups is 2. The number of thioether (sulfide) groups is 1. The monoisotopic (exact) mass is 551 g/mol. The number of para-hydroxylation sites is 1. The van der Waals surface area contributed by atoms with E-state index >= 15 is 0 Å². The molecule has 1 atom stereocenters. The van der Waals surface area contributed by atoms with Crippen LogP contribution in [0.15, 0.2) is 78.1 Å². The van der Waals surface area contributed by atoms with Crippen molar-refractivity contribution >= 4 is 40.0 Å². The third-order valence-corrected chi connectivity index (χ3v) is 8.20. The minimum absolute atomic E-state index is 0.00367. The molecular formula is C31H29N5O3S. The number of aromatic amines is 1. The third-order valence-electron chi connectivity index (χ3n) is 7.16. The number of carbonyl (C=O) groups excluding carboxylic acids is 2. The highest BCUT2D eigenvalue weighted by atomic mass is 32.2. The van der Waals surface area contributed by atoms with E-state index < -0.39 is 5.25 Å². The van der Waals surface area contributed by atoms with Gasteiger partial charge in [0.2, 0.25) is 5.91 Å². The maximum absolute atomic E-state index is 13.6. The predicted molar refractivity (Wildman–Crippen MR) is 158 cm³/mol. The largest absolute Gasteiger partial charge is 0.494 e. The van der Waals surface area contributed by atoms with Gasteiger partial charge >= 0.3 is 0 Å². The fourth-order valence-electron chi connectivity index (χ4n) is 5.20. The summed E-state index contributed by atoms with van der Waals surface area (Å²) >= 11 is 1.38. The molecule has 1 aliphatic heterocycles. The summed E-state index contributed by atoms with van der Waals surface area (Å²) in [5.41, 5.74) is 5.36. The number of rotatable bonds is 8. The quantitative estimate of drug-likeness (QED) is 0.185. The SMILES string of the molecule is CCOc1ccc(-n2c(S[C@@H](C)C(=O)c3ccc4c(c3)CCN4C(C)=O)nnc2-c2c[nH]c3ccccc23)cc1. The van der Waals surface area contributed by atoms with Gasteiger partial charge in [0, 0.05) is 53.1 Å². The second-order valence-corrected chi connectivity index (χ2v) is 11.0. The molecule has 0 aliphatic carbocycles. The van der Waals surface area contributed by atoms with Crippen LogP contribution < -0.4 is 9.64 Å². The molecule has 5 aromatic rings. The molecule has 1 aliphatic rings. The number of H-pyrrole nitrogens is 1. The Labute approximate surface area is 236 Å². The number of amides is 1. The van der Waals surface area contributed by atoms with Crippen LogP contribution in [0.5, 0.6) is 5.75 Å². The lowest BCUT2D eigenvalue weighted by molar-refractivity contribution is -0.116. The van der Waals surface area contributed by atoms with Gasteiger partial charge in [-0.25, -0.2) is 0 Å². The zero-order valence-electron chi connectivity index (χ0n) is 22.5. The van der Waals surface area contributed by atoms with Crippen molar-refractivity contribution in [3.63, 3.8) is 0 Å². The molecule has 0 fully saturated rings. The standard InChI is InChI=1S/C31H29N5O3S/c1-4-39-24-12-10-23(11-13-24)36-30(26-18-32-27-8-6-5-7-25(26)27)33-34-31(36)40-19(2)29(38)22-9-14-28-21(17-22)15-16-35(28)20(3)37/h5-14,17-19,32H,4,15-16H2,1-3H3/t19-/m0/s1. The number of hydrogen-bond acceptors (Lipinski definition) is 6. The lowest BCUT2D eigenvalue weighted by atomic mass is 10.0. The minimum atomic E-state index is -0.412. The summed E-state index contributed by atoms with van der Waals surface area (Å²) in [4.78, 5) is 30.6. The van der Waals surface area contributed by atoms with Crippen LogP contribution in [0, 0.1) is 0 Å². The molecular weight excluding hydrogens is 522 g/mol. The van der Waals surface area contributed by atoms with Gasteiger partial charge in [-0.1, -0.05) is 30.0 Å². The van der Waals surface area contributed by atoms with Gasteiger partial charge < -0.3 is 14.6 Å². The fraction of sp³-hybridized carbons (Fsp3) is 0.226. The number of nitrogens with one attached hydrogen (secondary N) is 1. The van der Waals surface area contributed by atoms with E-state index in [1.165, 1.54) is 11.8 Å². The van der Waals surface area contributed by atoms with Gasteiger partial charge in [-0.05, 0) is 74.4 Å². The van der Waals surface area contributed by atoms with Crippen LogP contribution >= 0.6 is 11.8 Å². The molecule has 0 radical (unpaired) electrons. The number of ether oxygens (including phenoxy) is 1. The highest BCUT2D eigenvalue weighted by molar-refractivity contribution is 8.00. The molecule has 3 aromatic carbocycles. The average Bonchev–Trinajstić information content (AvgIpc) is 3.69. The summed E-state index contributed by atoms with van der Waals surface area (Å²) in [6, 6.07) is 21.5. The van der Waals surface area contributed by atoms with Crippen molar-refractivity contribution in [3.05, 3.63) is 84.1 Å². The lowest BCUT2D eigenvalue weighted by Gasteiger charge is -2.16. The maximum atomic E-state index is 13.6. The van der Waals surface area contributed by atoms with Gasteiger partial charge in [0.05, 0.1) is 11.9 Å². The highest BCUT2D eigenvalue weighted by Crippen LogP contribution is 2.35. The normalized spacial score (nSPS) is 13.4. The number of aromatic nitrogens is 4. The van der Waals surface area contributed by atoms with E-state index in [-0.39, 0.29) is 11.7 Å². The molecule has 1 amide bonds. The van der Waals surface area contributed by atoms with E-state index in [2.05, 4.69) is 21.2 Å². The van der Waals surface area contributed by atoms with Crippen LogP contribution in [0.4, 0.5) is 5.69 Å². The molecule has 0 saturated carbocycles. The van der Waals surface area contributed by atoms with E-state index in [1.54, 1.807) is 11.8 Å². The Morgan fingerprint density at radius 2 is 1.88 bits per heavy atom.